The molecule has 0 unspecified atom stereocenters. The van der Waals surface area contributed by atoms with E-state index in [1.54, 1.807) is 4.57 Å². The number of rotatable bonds is 4. The van der Waals surface area contributed by atoms with E-state index in [9.17, 15) is 18.0 Å². The maximum Gasteiger partial charge on any atom is 0.389 e. The maximum atomic E-state index is 13.0. The molecule has 8 heteroatoms. The lowest BCUT2D eigenvalue weighted by Crippen LogP contribution is -2.26. The van der Waals surface area contributed by atoms with E-state index in [1.165, 1.54) is 11.3 Å². The average molecular weight is 376 g/mol. The molecule has 2 aromatic rings. The van der Waals surface area contributed by atoms with Crippen LogP contribution in [0.15, 0.2) is 9.95 Å². The molecule has 1 aliphatic rings. The molecule has 0 amide bonds. The van der Waals surface area contributed by atoms with Crippen LogP contribution in [-0.4, -0.2) is 21.5 Å². The second kappa shape index (κ2) is 6.71. The predicted octanol–water partition coefficient (Wildman–Crippen LogP) is 5.23. The summed E-state index contributed by atoms with van der Waals surface area (Å²) in [5, 5.41) is 1.06. The largest absolute Gasteiger partial charge is 0.389 e. The summed E-state index contributed by atoms with van der Waals surface area (Å²) in [7, 11) is 0. The van der Waals surface area contributed by atoms with Gasteiger partial charge in [0, 0.05) is 16.7 Å². The molecule has 3 rings (SSSR count). The fourth-order valence-corrected chi connectivity index (χ4v) is 5.25. The summed E-state index contributed by atoms with van der Waals surface area (Å²) < 4.78 is 39.0. The van der Waals surface area contributed by atoms with Crippen LogP contribution in [0.2, 0.25) is 0 Å². The van der Waals surface area contributed by atoms with Gasteiger partial charge in [0.2, 0.25) is 0 Å². The Bertz CT molecular complexity index is 804. The lowest BCUT2D eigenvalue weighted by molar-refractivity contribution is -0.129. The Kier molecular flexibility index (Phi) is 4.97. The van der Waals surface area contributed by atoms with E-state index in [0.29, 0.717) is 15.4 Å². The Balaban J connectivity index is 2.05. The molecule has 3 nitrogen and oxygen atoms in total. The number of aromatic nitrogens is 2. The van der Waals surface area contributed by atoms with Gasteiger partial charge in [0.05, 0.1) is 11.8 Å². The van der Waals surface area contributed by atoms with Gasteiger partial charge in [-0.2, -0.15) is 13.2 Å². The molecule has 1 aliphatic carbocycles. The van der Waals surface area contributed by atoms with Crippen molar-refractivity contribution in [2.45, 2.75) is 63.3 Å². The van der Waals surface area contributed by atoms with Crippen molar-refractivity contribution in [3.8, 4) is 0 Å². The fraction of sp³-hybridized carbons (Fsp3) is 0.625. The molecule has 1 fully saturated rings. The van der Waals surface area contributed by atoms with Crippen molar-refractivity contribution in [2.75, 3.05) is 5.75 Å². The molecule has 0 radical (unpaired) electrons. The van der Waals surface area contributed by atoms with E-state index >= 15 is 0 Å². The highest BCUT2D eigenvalue weighted by Crippen LogP contribution is 2.35. The van der Waals surface area contributed by atoms with Crippen LogP contribution in [0.4, 0.5) is 13.2 Å². The van der Waals surface area contributed by atoms with E-state index in [0.717, 1.165) is 47.9 Å². The van der Waals surface area contributed by atoms with Crippen molar-refractivity contribution < 1.29 is 13.2 Å². The van der Waals surface area contributed by atoms with Crippen LogP contribution in [0.25, 0.3) is 10.2 Å². The predicted molar refractivity (Wildman–Crippen MR) is 92.3 cm³/mol. The van der Waals surface area contributed by atoms with Crippen LogP contribution in [0, 0.1) is 13.8 Å². The molecule has 132 valence electrons. The lowest BCUT2D eigenvalue weighted by atomic mass is 10.2. The Labute approximate surface area is 146 Å². The zero-order valence-electron chi connectivity index (χ0n) is 13.6. The van der Waals surface area contributed by atoms with Gasteiger partial charge in [0.25, 0.3) is 5.56 Å². The number of alkyl halides is 3. The highest BCUT2D eigenvalue weighted by molar-refractivity contribution is 7.99. The van der Waals surface area contributed by atoms with Gasteiger partial charge >= 0.3 is 6.18 Å². The molecule has 0 spiro atoms. The molecule has 0 atom stereocenters. The first-order valence-corrected chi connectivity index (χ1v) is 9.80. The molecule has 24 heavy (non-hydrogen) atoms. The molecule has 2 heterocycles. The third-order valence-electron chi connectivity index (χ3n) is 4.51. The SMILES string of the molecule is Cc1sc2nc(SCCC(F)(F)F)n(C3CCCC3)c(=O)c2c1C. The van der Waals surface area contributed by atoms with Crippen LogP contribution in [0.3, 0.4) is 0 Å². The second-order valence-electron chi connectivity index (χ2n) is 6.18. The van der Waals surface area contributed by atoms with E-state index in [1.807, 2.05) is 13.8 Å². The van der Waals surface area contributed by atoms with Crippen molar-refractivity contribution in [3.63, 3.8) is 0 Å². The number of hydrogen-bond acceptors (Lipinski definition) is 4. The molecule has 2 aromatic heterocycles. The summed E-state index contributed by atoms with van der Waals surface area (Å²) >= 11 is 2.48. The van der Waals surface area contributed by atoms with Gasteiger partial charge in [-0.05, 0) is 32.3 Å². The molecule has 0 bridgehead atoms. The zero-order valence-corrected chi connectivity index (χ0v) is 15.2. The number of nitrogens with zero attached hydrogens (tertiary/aromatic N) is 2. The molecular weight excluding hydrogens is 357 g/mol. The number of thiophene rings is 1. The lowest BCUT2D eigenvalue weighted by Gasteiger charge is -2.18. The number of thioether (sulfide) groups is 1. The third-order valence-corrected chi connectivity index (χ3v) is 6.56. The first-order chi connectivity index (χ1) is 11.3. The zero-order chi connectivity index (χ0) is 17.5. The second-order valence-corrected chi connectivity index (χ2v) is 8.45. The van der Waals surface area contributed by atoms with Crippen molar-refractivity contribution >= 4 is 33.3 Å². The monoisotopic (exact) mass is 376 g/mol. The van der Waals surface area contributed by atoms with Crippen LogP contribution in [-0.2, 0) is 0 Å². The summed E-state index contributed by atoms with van der Waals surface area (Å²) in [4.78, 5) is 19.3. The minimum atomic E-state index is -4.19. The Hall–Kier alpha value is -1.02. The Morgan fingerprint density at radius 2 is 1.96 bits per heavy atom. The van der Waals surface area contributed by atoms with Gasteiger partial charge in [-0.3, -0.25) is 9.36 Å². The summed E-state index contributed by atoms with van der Waals surface area (Å²) in [6, 6.07) is 0.0578. The van der Waals surface area contributed by atoms with Crippen LogP contribution >= 0.6 is 23.1 Å². The van der Waals surface area contributed by atoms with E-state index < -0.39 is 12.6 Å². The highest BCUT2D eigenvalue weighted by Gasteiger charge is 2.28. The van der Waals surface area contributed by atoms with E-state index in [4.69, 9.17) is 0 Å². The van der Waals surface area contributed by atoms with E-state index in [2.05, 4.69) is 4.98 Å². The van der Waals surface area contributed by atoms with Gasteiger partial charge < -0.3 is 0 Å². The smallest absolute Gasteiger partial charge is 0.284 e. The van der Waals surface area contributed by atoms with Gasteiger partial charge in [-0.25, -0.2) is 4.98 Å². The first-order valence-electron chi connectivity index (χ1n) is 7.99. The fourth-order valence-electron chi connectivity index (χ4n) is 3.13. The van der Waals surface area contributed by atoms with E-state index in [-0.39, 0.29) is 17.4 Å². The minimum absolute atomic E-state index is 0.0578. The summed E-state index contributed by atoms with van der Waals surface area (Å²) in [5.74, 6) is -0.114. The van der Waals surface area contributed by atoms with Crippen molar-refractivity contribution in [2.24, 2.45) is 0 Å². The Morgan fingerprint density at radius 1 is 1.29 bits per heavy atom. The topological polar surface area (TPSA) is 34.9 Å². The molecule has 1 saturated carbocycles. The van der Waals surface area contributed by atoms with Crippen molar-refractivity contribution in [1.29, 1.82) is 0 Å². The summed E-state index contributed by atoms with van der Waals surface area (Å²) in [5.41, 5.74) is 0.842. The van der Waals surface area contributed by atoms with Crippen molar-refractivity contribution in [3.05, 3.63) is 20.8 Å². The standard InChI is InChI=1S/C16H19F3N2OS2/c1-9-10(2)24-13-12(9)14(22)21(11-5-3-4-6-11)15(20-13)23-8-7-16(17,18)19/h11H,3-8H2,1-2H3. The van der Waals surface area contributed by atoms with Gasteiger partial charge in [0.1, 0.15) is 4.83 Å². The molecule has 0 aliphatic heterocycles. The van der Waals surface area contributed by atoms with Crippen LogP contribution in [0.1, 0.15) is 48.6 Å². The first kappa shape index (κ1) is 17.8. The average Bonchev–Trinajstić information content (AvgIpc) is 3.07. The minimum Gasteiger partial charge on any atom is -0.284 e. The number of halogens is 3. The number of aryl methyl sites for hydroxylation is 2. The maximum absolute atomic E-state index is 13.0. The molecule has 0 N–H and O–H groups in total. The highest BCUT2D eigenvalue weighted by atomic mass is 32.2. The van der Waals surface area contributed by atoms with Gasteiger partial charge in [-0.1, -0.05) is 24.6 Å². The van der Waals surface area contributed by atoms with Crippen LogP contribution in [0.5, 0.6) is 0 Å². The van der Waals surface area contributed by atoms with Crippen LogP contribution < -0.4 is 5.56 Å². The van der Waals surface area contributed by atoms with Crippen molar-refractivity contribution in [1.82, 2.24) is 9.55 Å². The van der Waals surface area contributed by atoms with Gasteiger partial charge in [0.15, 0.2) is 5.16 Å². The third kappa shape index (κ3) is 3.49. The number of hydrogen-bond donors (Lipinski definition) is 0. The Morgan fingerprint density at radius 3 is 2.58 bits per heavy atom. The molecule has 0 aromatic carbocycles. The quantitative estimate of drug-likeness (QED) is 0.541. The summed E-state index contributed by atoms with van der Waals surface area (Å²) in [6.45, 7) is 3.85. The normalized spacial score (nSPS) is 16.4. The van der Waals surface area contributed by atoms with Gasteiger partial charge in [-0.15, -0.1) is 11.3 Å². The summed E-state index contributed by atoms with van der Waals surface area (Å²) in [6.07, 6.45) is -1.19. The number of fused-ring (bicyclic) bond motifs is 1. The molecular formula is C16H19F3N2OS2. The molecule has 0 saturated heterocycles.